The Morgan fingerprint density at radius 1 is 1.24 bits per heavy atom. The Hall–Kier alpha value is -0.890. The maximum atomic E-state index is 7.31. The molecule has 0 amide bonds. The molecule has 118 valence electrons. The van der Waals surface area contributed by atoms with Crippen LogP contribution in [0.1, 0.15) is 71.6 Å². The molecule has 1 aromatic rings. The highest BCUT2D eigenvalue weighted by atomic mass is 35.5. The summed E-state index contributed by atoms with van der Waals surface area (Å²) in [5.74, 6) is 0.740. The van der Waals surface area contributed by atoms with Crippen LogP contribution in [0.4, 0.5) is 0 Å². The van der Waals surface area contributed by atoms with Gasteiger partial charge in [0.25, 0.3) is 0 Å². The second-order valence-electron chi connectivity index (χ2n) is 7.54. The van der Waals surface area contributed by atoms with Gasteiger partial charge in [-0.25, -0.2) is 0 Å². The van der Waals surface area contributed by atoms with Crippen molar-refractivity contribution in [3.05, 3.63) is 29.6 Å². The minimum atomic E-state index is -0.226. The molecule has 0 aliphatic heterocycles. The van der Waals surface area contributed by atoms with Crippen LogP contribution in [-0.4, -0.2) is 16.1 Å². The van der Waals surface area contributed by atoms with Gasteiger partial charge < -0.3 is 5.41 Å². The fraction of sp³-hybridized carbons (Fsp3) is 0.667. The second kappa shape index (κ2) is 6.91. The van der Waals surface area contributed by atoms with Gasteiger partial charge in [-0.3, -0.25) is 4.98 Å². The van der Waals surface area contributed by atoms with Crippen molar-refractivity contribution < 1.29 is 0 Å². The van der Waals surface area contributed by atoms with Crippen molar-refractivity contribution >= 4 is 17.8 Å². The molecule has 0 aromatic carbocycles. The van der Waals surface area contributed by atoms with Gasteiger partial charge in [0.2, 0.25) is 0 Å². The van der Waals surface area contributed by atoms with E-state index >= 15 is 0 Å². The summed E-state index contributed by atoms with van der Waals surface area (Å²) < 4.78 is 0. The molecule has 1 N–H and O–H groups in total. The second-order valence-corrected chi connectivity index (χ2v) is 8.56. The third kappa shape index (κ3) is 5.78. The molecule has 0 aliphatic rings. The molecule has 2 nitrogen and oxygen atoms in total. The van der Waals surface area contributed by atoms with Crippen LogP contribution in [0.15, 0.2) is 18.3 Å². The summed E-state index contributed by atoms with van der Waals surface area (Å²) >= 11 is 6.37. The van der Waals surface area contributed by atoms with E-state index in [4.69, 9.17) is 17.0 Å². The molecule has 21 heavy (non-hydrogen) atoms. The van der Waals surface area contributed by atoms with Gasteiger partial charge in [0.05, 0.1) is 0 Å². The molecular formula is C18H29ClN2. The van der Waals surface area contributed by atoms with Crippen LogP contribution in [0.25, 0.3) is 0 Å². The fourth-order valence-electron chi connectivity index (χ4n) is 3.00. The molecule has 0 saturated carbocycles. The first kappa shape index (κ1) is 18.2. The minimum Gasteiger partial charge on any atom is -0.313 e. The molecule has 0 bridgehead atoms. The van der Waals surface area contributed by atoms with E-state index in [1.807, 2.05) is 20.0 Å². The van der Waals surface area contributed by atoms with E-state index in [1.54, 1.807) is 0 Å². The molecule has 0 saturated heterocycles. The number of alkyl halides is 1. The van der Waals surface area contributed by atoms with Crippen LogP contribution in [0.3, 0.4) is 0 Å². The van der Waals surface area contributed by atoms with Gasteiger partial charge in [0.1, 0.15) is 0 Å². The van der Waals surface area contributed by atoms with Crippen molar-refractivity contribution in [2.24, 2.45) is 5.92 Å². The van der Waals surface area contributed by atoms with Gasteiger partial charge in [-0.1, -0.05) is 33.8 Å². The Morgan fingerprint density at radius 3 is 2.29 bits per heavy atom. The molecule has 3 heteroatoms. The maximum absolute atomic E-state index is 7.31. The summed E-state index contributed by atoms with van der Waals surface area (Å²) in [5, 5.41) is 7.31. The molecule has 1 rings (SSSR count). The lowest BCUT2D eigenvalue weighted by atomic mass is 9.80. The monoisotopic (exact) mass is 308 g/mol. The molecule has 1 aromatic heterocycles. The zero-order chi connectivity index (χ0) is 16.3. The smallest absolute Gasteiger partial charge is 0.0460 e. The van der Waals surface area contributed by atoms with Gasteiger partial charge in [-0.05, 0) is 56.4 Å². The largest absolute Gasteiger partial charge is 0.313 e. The van der Waals surface area contributed by atoms with Crippen molar-refractivity contribution in [3.8, 4) is 0 Å². The summed E-state index contributed by atoms with van der Waals surface area (Å²) in [5.41, 5.74) is 2.30. The predicted molar refractivity (Wildman–Crippen MR) is 92.8 cm³/mol. The number of hydrogen-bond donors (Lipinski definition) is 1. The van der Waals surface area contributed by atoms with Gasteiger partial charge >= 0.3 is 0 Å². The molecule has 2 atom stereocenters. The van der Waals surface area contributed by atoms with Gasteiger partial charge in [0.15, 0.2) is 0 Å². The molecule has 0 fully saturated rings. The molecule has 2 unspecified atom stereocenters. The highest BCUT2D eigenvalue weighted by molar-refractivity contribution is 6.23. The van der Waals surface area contributed by atoms with Gasteiger partial charge in [-0.15, -0.1) is 11.6 Å². The zero-order valence-electron chi connectivity index (χ0n) is 14.2. The quantitative estimate of drug-likeness (QED) is 0.520. The first-order valence-corrected chi connectivity index (χ1v) is 8.09. The van der Waals surface area contributed by atoms with Crippen LogP contribution in [0.2, 0.25) is 0 Å². The molecule has 0 radical (unpaired) electrons. The predicted octanol–water partition coefficient (Wildman–Crippen LogP) is 5.55. The highest BCUT2D eigenvalue weighted by Gasteiger charge is 2.29. The van der Waals surface area contributed by atoms with Crippen molar-refractivity contribution in [3.63, 3.8) is 0 Å². The van der Waals surface area contributed by atoms with Crippen molar-refractivity contribution in [1.29, 1.82) is 5.41 Å². The highest BCUT2D eigenvalue weighted by Crippen LogP contribution is 2.34. The third-order valence-electron chi connectivity index (χ3n) is 3.92. The Kier molecular flexibility index (Phi) is 5.98. The Bertz CT molecular complexity index is 457. The van der Waals surface area contributed by atoms with Crippen LogP contribution >= 0.6 is 11.6 Å². The lowest BCUT2D eigenvalue weighted by Crippen LogP contribution is -2.28. The Morgan fingerprint density at radius 2 is 1.86 bits per heavy atom. The Balaban J connectivity index is 2.84. The molecule has 0 spiro atoms. The topological polar surface area (TPSA) is 36.7 Å². The summed E-state index contributed by atoms with van der Waals surface area (Å²) in [6, 6.07) is 4.30. The number of hydrogen-bond acceptors (Lipinski definition) is 2. The average Bonchev–Trinajstić information content (AvgIpc) is 2.36. The summed E-state index contributed by atoms with van der Waals surface area (Å²) in [7, 11) is 0. The van der Waals surface area contributed by atoms with E-state index in [9.17, 15) is 0 Å². The summed E-state index contributed by atoms with van der Waals surface area (Å²) in [6.07, 6.45) is 5.38. The van der Waals surface area contributed by atoms with Crippen LogP contribution in [0.5, 0.6) is 0 Å². The molecule has 1 heterocycles. The van der Waals surface area contributed by atoms with E-state index in [-0.39, 0.29) is 10.3 Å². The maximum Gasteiger partial charge on any atom is 0.0460 e. The number of halogens is 1. The summed E-state index contributed by atoms with van der Waals surface area (Å²) in [6.45, 7) is 12.8. The van der Waals surface area contributed by atoms with Crippen LogP contribution in [-0.2, 0) is 5.41 Å². The lowest BCUT2D eigenvalue weighted by molar-refractivity contribution is 0.409. The Labute approximate surface area is 134 Å². The van der Waals surface area contributed by atoms with E-state index in [1.165, 1.54) is 11.8 Å². The fourth-order valence-corrected chi connectivity index (χ4v) is 3.33. The van der Waals surface area contributed by atoms with Crippen molar-refractivity contribution in [1.82, 2.24) is 4.98 Å². The van der Waals surface area contributed by atoms with Crippen LogP contribution < -0.4 is 0 Å². The normalized spacial score (nSPS) is 15.6. The van der Waals surface area contributed by atoms with Gasteiger partial charge in [0, 0.05) is 22.2 Å². The van der Waals surface area contributed by atoms with E-state index in [0.717, 1.165) is 18.5 Å². The minimum absolute atomic E-state index is 0.0325. The first-order valence-electron chi connectivity index (χ1n) is 7.71. The zero-order valence-corrected chi connectivity index (χ0v) is 15.0. The average molecular weight is 309 g/mol. The standard InChI is InChI=1S/C18H29ClN2/c1-13(10-20)9-14(2)15-7-8-16(21-11-15)17(3,4)12-18(5,6)19/h7-8,10-11,13-14,20H,9,12H2,1-6H3. The number of nitrogens with zero attached hydrogens (tertiary/aromatic N) is 1. The molecular weight excluding hydrogens is 280 g/mol. The van der Waals surface area contributed by atoms with Crippen molar-refractivity contribution in [2.45, 2.75) is 70.6 Å². The SMILES string of the molecule is CC(C=N)CC(C)c1ccc(C(C)(C)CC(C)(C)Cl)nc1. The van der Waals surface area contributed by atoms with E-state index < -0.39 is 0 Å². The third-order valence-corrected chi connectivity index (χ3v) is 4.05. The van der Waals surface area contributed by atoms with Crippen molar-refractivity contribution in [2.75, 3.05) is 0 Å². The number of pyridine rings is 1. The number of nitrogens with one attached hydrogen (secondary N) is 1. The first-order chi connectivity index (χ1) is 9.55. The molecule has 0 aliphatic carbocycles. The van der Waals surface area contributed by atoms with E-state index in [0.29, 0.717) is 11.8 Å². The van der Waals surface area contributed by atoms with E-state index in [2.05, 4.69) is 44.8 Å². The number of rotatable bonds is 7. The summed E-state index contributed by atoms with van der Waals surface area (Å²) in [4.78, 5) is 4.45. The lowest BCUT2D eigenvalue weighted by Gasteiger charge is -2.30. The van der Waals surface area contributed by atoms with Crippen LogP contribution in [0, 0.1) is 11.3 Å². The number of aromatic nitrogens is 1. The van der Waals surface area contributed by atoms with Gasteiger partial charge in [-0.2, -0.15) is 0 Å².